The van der Waals surface area contributed by atoms with E-state index in [2.05, 4.69) is 32.9 Å². The third-order valence-electron chi connectivity index (χ3n) is 2.09. The van der Waals surface area contributed by atoms with Crippen molar-refractivity contribution in [3.8, 4) is 0 Å². The number of rotatable bonds is 1. The molecule has 11 heavy (non-hydrogen) atoms. The van der Waals surface area contributed by atoms with Gasteiger partial charge in [0.25, 0.3) is 0 Å². The van der Waals surface area contributed by atoms with Crippen LogP contribution in [0.2, 0.25) is 0 Å². The van der Waals surface area contributed by atoms with Crippen LogP contribution >= 0.6 is 0 Å². The second kappa shape index (κ2) is 2.82. The van der Waals surface area contributed by atoms with Crippen molar-refractivity contribution >= 4 is 0 Å². The Labute approximate surface area is 68.4 Å². The van der Waals surface area contributed by atoms with Crippen molar-refractivity contribution in [2.75, 3.05) is 6.61 Å². The lowest BCUT2D eigenvalue weighted by molar-refractivity contribution is 0.182. The zero-order valence-corrected chi connectivity index (χ0v) is 7.52. The summed E-state index contributed by atoms with van der Waals surface area (Å²) in [4.78, 5) is 0. The van der Waals surface area contributed by atoms with Crippen LogP contribution in [-0.4, -0.2) is 11.7 Å². The molecule has 0 radical (unpaired) electrons. The highest BCUT2D eigenvalue weighted by Gasteiger charge is 2.23. The van der Waals surface area contributed by atoms with Gasteiger partial charge in [-0.05, 0) is 20.3 Å². The SMILES string of the molecule is CC1=CC(C)(CO)CC(C)=C1. The lowest BCUT2D eigenvalue weighted by Crippen LogP contribution is -2.21. The predicted molar refractivity (Wildman–Crippen MR) is 47.3 cm³/mol. The fourth-order valence-electron chi connectivity index (χ4n) is 1.82. The lowest BCUT2D eigenvalue weighted by atomic mass is 9.79. The third kappa shape index (κ3) is 1.93. The number of aliphatic hydroxyl groups excluding tert-OH is 1. The van der Waals surface area contributed by atoms with E-state index in [4.69, 9.17) is 5.11 Å². The average molecular weight is 152 g/mol. The van der Waals surface area contributed by atoms with Crippen LogP contribution in [0.25, 0.3) is 0 Å². The molecule has 0 aromatic heterocycles. The summed E-state index contributed by atoms with van der Waals surface area (Å²) in [6.45, 7) is 6.53. The Morgan fingerprint density at radius 1 is 1.55 bits per heavy atom. The molecule has 0 heterocycles. The first kappa shape index (κ1) is 8.54. The molecule has 1 nitrogen and oxygen atoms in total. The van der Waals surface area contributed by atoms with Gasteiger partial charge in [-0.2, -0.15) is 0 Å². The fraction of sp³-hybridized carbons (Fsp3) is 0.600. The highest BCUT2D eigenvalue weighted by atomic mass is 16.3. The molecule has 0 aromatic carbocycles. The van der Waals surface area contributed by atoms with Crippen molar-refractivity contribution in [1.29, 1.82) is 0 Å². The quantitative estimate of drug-likeness (QED) is 0.611. The summed E-state index contributed by atoms with van der Waals surface area (Å²) < 4.78 is 0. The molecule has 0 saturated heterocycles. The van der Waals surface area contributed by atoms with E-state index in [1.54, 1.807) is 0 Å². The van der Waals surface area contributed by atoms with Crippen molar-refractivity contribution in [3.05, 3.63) is 23.3 Å². The topological polar surface area (TPSA) is 20.2 Å². The minimum Gasteiger partial charge on any atom is -0.395 e. The van der Waals surface area contributed by atoms with Crippen LogP contribution in [0.15, 0.2) is 23.3 Å². The molecule has 1 rings (SSSR count). The first-order chi connectivity index (χ1) is 5.06. The predicted octanol–water partition coefficient (Wildman–Crippen LogP) is 2.28. The van der Waals surface area contributed by atoms with Crippen LogP contribution in [0.3, 0.4) is 0 Å². The first-order valence-corrected chi connectivity index (χ1v) is 4.03. The van der Waals surface area contributed by atoms with E-state index in [9.17, 15) is 0 Å². The molecule has 0 aliphatic heterocycles. The van der Waals surface area contributed by atoms with Crippen LogP contribution in [0.5, 0.6) is 0 Å². The van der Waals surface area contributed by atoms with E-state index in [0.717, 1.165) is 6.42 Å². The second-order valence-electron chi connectivity index (χ2n) is 3.87. The molecule has 1 N–H and O–H groups in total. The summed E-state index contributed by atoms with van der Waals surface area (Å²) in [6, 6.07) is 0. The van der Waals surface area contributed by atoms with Gasteiger partial charge in [0.2, 0.25) is 0 Å². The van der Waals surface area contributed by atoms with Gasteiger partial charge in [0, 0.05) is 5.41 Å². The van der Waals surface area contributed by atoms with E-state index >= 15 is 0 Å². The second-order valence-corrected chi connectivity index (χ2v) is 3.87. The Morgan fingerprint density at radius 2 is 2.18 bits per heavy atom. The van der Waals surface area contributed by atoms with E-state index in [-0.39, 0.29) is 12.0 Å². The highest BCUT2D eigenvalue weighted by Crippen LogP contribution is 2.32. The Bertz CT molecular complexity index is 213. The van der Waals surface area contributed by atoms with Crippen LogP contribution in [-0.2, 0) is 0 Å². The van der Waals surface area contributed by atoms with Crippen molar-refractivity contribution in [2.24, 2.45) is 5.41 Å². The molecular weight excluding hydrogens is 136 g/mol. The molecule has 1 atom stereocenters. The smallest absolute Gasteiger partial charge is 0.0522 e. The standard InChI is InChI=1S/C10H16O/c1-8-4-9(2)6-10(3,5-8)7-11/h4-5,11H,6-7H2,1-3H3. The largest absolute Gasteiger partial charge is 0.395 e. The zero-order chi connectivity index (χ0) is 8.48. The zero-order valence-electron chi connectivity index (χ0n) is 7.52. The molecule has 62 valence electrons. The Morgan fingerprint density at radius 3 is 2.64 bits per heavy atom. The third-order valence-corrected chi connectivity index (χ3v) is 2.09. The van der Waals surface area contributed by atoms with Gasteiger partial charge < -0.3 is 5.11 Å². The molecule has 0 bridgehead atoms. The number of allylic oxidation sites excluding steroid dienone is 3. The minimum absolute atomic E-state index is 0.0110. The van der Waals surface area contributed by atoms with Gasteiger partial charge in [-0.1, -0.05) is 30.2 Å². The van der Waals surface area contributed by atoms with Crippen LogP contribution in [0, 0.1) is 5.41 Å². The van der Waals surface area contributed by atoms with Gasteiger partial charge >= 0.3 is 0 Å². The summed E-state index contributed by atoms with van der Waals surface area (Å²) in [6.07, 6.45) is 5.32. The molecule has 0 saturated carbocycles. The summed E-state index contributed by atoms with van der Waals surface area (Å²) in [5.41, 5.74) is 2.62. The monoisotopic (exact) mass is 152 g/mol. The molecule has 0 amide bonds. The first-order valence-electron chi connectivity index (χ1n) is 4.03. The van der Waals surface area contributed by atoms with Crippen LogP contribution in [0.4, 0.5) is 0 Å². The van der Waals surface area contributed by atoms with E-state index < -0.39 is 0 Å². The molecule has 1 heteroatoms. The van der Waals surface area contributed by atoms with Crippen molar-refractivity contribution in [2.45, 2.75) is 27.2 Å². The van der Waals surface area contributed by atoms with Gasteiger partial charge in [0.05, 0.1) is 6.61 Å². The summed E-state index contributed by atoms with van der Waals surface area (Å²) in [5.74, 6) is 0. The Hall–Kier alpha value is -0.560. The van der Waals surface area contributed by atoms with Crippen molar-refractivity contribution in [3.63, 3.8) is 0 Å². The number of hydrogen-bond donors (Lipinski definition) is 1. The van der Waals surface area contributed by atoms with E-state index in [1.165, 1.54) is 11.1 Å². The maximum absolute atomic E-state index is 9.11. The van der Waals surface area contributed by atoms with Gasteiger partial charge in [0.1, 0.15) is 0 Å². The number of aliphatic hydroxyl groups is 1. The van der Waals surface area contributed by atoms with E-state index in [1.807, 2.05) is 0 Å². The van der Waals surface area contributed by atoms with Gasteiger partial charge in [-0.15, -0.1) is 0 Å². The van der Waals surface area contributed by atoms with Crippen molar-refractivity contribution in [1.82, 2.24) is 0 Å². The molecular formula is C10H16O. The molecule has 0 spiro atoms. The summed E-state index contributed by atoms with van der Waals surface area (Å²) >= 11 is 0. The van der Waals surface area contributed by atoms with Crippen LogP contribution < -0.4 is 0 Å². The van der Waals surface area contributed by atoms with Gasteiger partial charge in [-0.3, -0.25) is 0 Å². The summed E-state index contributed by atoms with van der Waals surface area (Å²) in [5, 5.41) is 9.11. The molecule has 1 unspecified atom stereocenters. The van der Waals surface area contributed by atoms with Gasteiger partial charge in [-0.25, -0.2) is 0 Å². The molecule has 0 fully saturated rings. The number of hydrogen-bond acceptors (Lipinski definition) is 1. The van der Waals surface area contributed by atoms with E-state index in [0.29, 0.717) is 0 Å². The maximum atomic E-state index is 9.11. The molecule has 0 aromatic rings. The Balaban J connectivity index is 2.86. The fourth-order valence-corrected chi connectivity index (χ4v) is 1.82. The lowest BCUT2D eigenvalue weighted by Gasteiger charge is -2.27. The maximum Gasteiger partial charge on any atom is 0.0522 e. The highest BCUT2D eigenvalue weighted by molar-refractivity contribution is 5.29. The van der Waals surface area contributed by atoms with Crippen LogP contribution in [0.1, 0.15) is 27.2 Å². The average Bonchev–Trinajstić information content (AvgIpc) is 1.84. The molecule has 1 aliphatic carbocycles. The van der Waals surface area contributed by atoms with Crippen molar-refractivity contribution < 1.29 is 5.11 Å². The molecule has 1 aliphatic rings. The summed E-state index contributed by atoms with van der Waals surface area (Å²) in [7, 11) is 0. The Kier molecular flexibility index (Phi) is 2.19. The van der Waals surface area contributed by atoms with Gasteiger partial charge in [0.15, 0.2) is 0 Å². The minimum atomic E-state index is -0.0110. The normalized spacial score (nSPS) is 31.3.